The molecule has 2 aromatic heterocycles. The Bertz CT molecular complexity index is 881. The van der Waals surface area contributed by atoms with Crippen LogP contribution in [0.1, 0.15) is 18.2 Å². The monoisotopic (exact) mass is 324 g/mol. The highest BCUT2D eigenvalue weighted by atomic mass is 19.1. The molecule has 1 unspecified atom stereocenters. The number of aromatic nitrogens is 3. The molecular weight excluding hydrogens is 311 g/mol. The van der Waals surface area contributed by atoms with Crippen LogP contribution in [0.15, 0.2) is 53.3 Å². The summed E-state index contributed by atoms with van der Waals surface area (Å²) in [7, 11) is 0. The molecule has 6 nitrogen and oxygen atoms in total. The van der Waals surface area contributed by atoms with Crippen molar-refractivity contribution in [3.05, 3.63) is 60.5 Å². The van der Waals surface area contributed by atoms with Crippen molar-refractivity contribution in [1.82, 2.24) is 15.1 Å². The predicted octanol–water partition coefficient (Wildman–Crippen LogP) is 2.79. The summed E-state index contributed by atoms with van der Waals surface area (Å²) in [6, 6.07) is 9.55. The van der Waals surface area contributed by atoms with Crippen LogP contribution in [0.3, 0.4) is 0 Å². The first kappa shape index (κ1) is 14.5. The second-order valence-electron chi connectivity index (χ2n) is 5.58. The SMILES string of the molecule is O=C1CC(c2nc(-c3ccncc3)no2)CN1c1cccc(F)c1. The summed E-state index contributed by atoms with van der Waals surface area (Å²) in [6.07, 6.45) is 3.56. The molecule has 3 heterocycles. The Balaban J connectivity index is 1.56. The van der Waals surface area contributed by atoms with Crippen molar-refractivity contribution in [1.29, 1.82) is 0 Å². The lowest BCUT2D eigenvalue weighted by molar-refractivity contribution is -0.117. The van der Waals surface area contributed by atoms with Crippen molar-refractivity contribution in [2.24, 2.45) is 0 Å². The highest BCUT2D eigenvalue weighted by molar-refractivity contribution is 5.96. The number of carbonyl (C=O) groups excluding carboxylic acids is 1. The number of halogens is 1. The summed E-state index contributed by atoms with van der Waals surface area (Å²) in [4.78, 5) is 22.1. The molecule has 0 radical (unpaired) electrons. The van der Waals surface area contributed by atoms with Crippen LogP contribution in [-0.2, 0) is 4.79 Å². The molecule has 1 aromatic carbocycles. The van der Waals surface area contributed by atoms with Crippen LogP contribution in [0, 0.1) is 5.82 Å². The zero-order valence-electron chi connectivity index (χ0n) is 12.6. The van der Waals surface area contributed by atoms with Crippen molar-refractivity contribution in [2.75, 3.05) is 11.4 Å². The molecule has 1 atom stereocenters. The zero-order valence-corrected chi connectivity index (χ0v) is 12.6. The minimum absolute atomic E-state index is 0.0886. The molecule has 0 N–H and O–H groups in total. The van der Waals surface area contributed by atoms with E-state index in [9.17, 15) is 9.18 Å². The van der Waals surface area contributed by atoms with Crippen LogP contribution in [-0.4, -0.2) is 27.6 Å². The first-order valence-corrected chi connectivity index (χ1v) is 7.50. The number of amides is 1. The van der Waals surface area contributed by atoms with Crippen molar-refractivity contribution < 1.29 is 13.7 Å². The van der Waals surface area contributed by atoms with E-state index in [4.69, 9.17) is 4.52 Å². The molecule has 1 aliphatic heterocycles. The van der Waals surface area contributed by atoms with Gasteiger partial charge in [-0.3, -0.25) is 9.78 Å². The number of benzene rings is 1. The second kappa shape index (κ2) is 5.84. The van der Waals surface area contributed by atoms with Gasteiger partial charge in [0.05, 0.1) is 5.92 Å². The van der Waals surface area contributed by atoms with Crippen molar-refractivity contribution in [2.45, 2.75) is 12.3 Å². The number of hydrogen-bond donors (Lipinski definition) is 0. The van der Waals surface area contributed by atoms with Gasteiger partial charge < -0.3 is 9.42 Å². The first-order chi connectivity index (χ1) is 11.7. The van der Waals surface area contributed by atoms with Gasteiger partial charge in [0.2, 0.25) is 17.6 Å². The molecule has 120 valence electrons. The Morgan fingerprint density at radius 2 is 2.04 bits per heavy atom. The van der Waals surface area contributed by atoms with Gasteiger partial charge in [-0.1, -0.05) is 11.2 Å². The van der Waals surface area contributed by atoms with Gasteiger partial charge in [0.1, 0.15) is 5.82 Å². The Labute approximate surface area is 136 Å². The Hall–Kier alpha value is -3.09. The predicted molar refractivity (Wildman–Crippen MR) is 83.6 cm³/mol. The number of rotatable bonds is 3. The van der Waals surface area contributed by atoms with Crippen LogP contribution in [0.5, 0.6) is 0 Å². The Morgan fingerprint density at radius 1 is 1.21 bits per heavy atom. The molecular formula is C17H13FN4O2. The van der Waals surface area contributed by atoms with Gasteiger partial charge in [0, 0.05) is 36.6 Å². The van der Waals surface area contributed by atoms with Crippen LogP contribution in [0.4, 0.5) is 10.1 Å². The van der Waals surface area contributed by atoms with Gasteiger partial charge in [0.25, 0.3) is 0 Å². The lowest BCUT2D eigenvalue weighted by Gasteiger charge is -2.15. The van der Waals surface area contributed by atoms with Crippen molar-refractivity contribution in [3.8, 4) is 11.4 Å². The maximum atomic E-state index is 13.4. The Kier molecular flexibility index (Phi) is 3.53. The normalized spacial score (nSPS) is 17.5. The van der Waals surface area contributed by atoms with Gasteiger partial charge in [-0.2, -0.15) is 4.98 Å². The van der Waals surface area contributed by atoms with E-state index in [1.165, 1.54) is 12.1 Å². The summed E-state index contributed by atoms with van der Waals surface area (Å²) in [5.74, 6) is 0.206. The number of carbonyl (C=O) groups is 1. The zero-order chi connectivity index (χ0) is 16.5. The molecule has 1 amide bonds. The van der Waals surface area contributed by atoms with E-state index in [2.05, 4.69) is 15.1 Å². The fourth-order valence-corrected chi connectivity index (χ4v) is 2.79. The van der Waals surface area contributed by atoms with E-state index in [1.54, 1.807) is 41.6 Å². The van der Waals surface area contributed by atoms with E-state index in [0.29, 0.717) is 23.9 Å². The van der Waals surface area contributed by atoms with Crippen LogP contribution in [0.2, 0.25) is 0 Å². The van der Waals surface area contributed by atoms with E-state index >= 15 is 0 Å². The van der Waals surface area contributed by atoms with E-state index in [0.717, 1.165) is 5.56 Å². The quantitative estimate of drug-likeness (QED) is 0.741. The highest BCUT2D eigenvalue weighted by Crippen LogP contribution is 2.32. The molecule has 1 aliphatic rings. The van der Waals surface area contributed by atoms with Gasteiger partial charge in [0.15, 0.2) is 0 Å². The highest BCUT2D eigenvalue weighted by Gasteiger charge is 2.35. The summed E-state index contributed by atoms with van der Waals surface area (Å²) in [5.41, 5.74) is 1.34. The second-order valence-corrected chi connectivity index (χ2v) is 5.58. The third-order valence-electron chi connectivity index (χ3n) is 3.97. The number of anilines is 1. The largest absolute Gasteiger partial charge is 0.339 e. The third kappa shape index (κ3) is 2.64. The van der Waals surface area contributed by atoms with E-state index in [1.807, 2.05) is 0 Å². The molecule has 1 saturated heterocycles. The first-order valence-electron chi connectivity index (χ1n) is 7.50. The van der Waals surface area contributed by atoms with Gasteiger partial charge in [-0.05, 0) is 30.3 Å². The van der Waals surface area contributed by atoms with Crippen LogP contribution >= 0.6 is 0 Å². The van der Waals surface area contributed by atoms with Crippen molar-refractivity contribution >= 4 is 11.6 Å². The number of nitrogens with zero attached hydrogens (tertiary/aromatic N) is 4. The molecule has 7 heteroatoms. The fraction of sp³-hybridized carbons (Fsp3) is 0.176. The average molecular weight is 324 g/mol. The third-order valence-corrected chi connectivity index (χ3v) is 3.97. The molecule has 0 bridgehead atoms. The van der Waals surface area contributed by atoms with Gasteiger partial charge in [-0.25, -0.2) is 4.39 Å². The lowest BCUT2D eigenvalue weighted by Crippen LogP contribution is -2.24. The van der Waals surface area contributed by atoms with E-state index in [-0.39, 0.29) is 24.1 Å². The molecule has 24 heavy (non-hydrogen) atoms. The Morgan fingerprint density at radius 3 is 2.83 bits per heavy atom. The summed E-state index contributed by atoms with van der Waals surface area (Å²) < 4.78 is 18.7. The summed E-state index contributed by atoms with van der Waals surface area (Å²) in [6.45, 7) is 0.389. The van der Waals surface area contributed by atoms with Gasteiger partial charge in [-0.15, -0.1) is 0 Å². The van der Waals surface area contributed by atoms with Gasteiger partial charge >= 0.3 is 0 Å². The molecule has 0 spiro atoms. The van der Waals surface area contributed by atoms with Crippen molar-refractivity contribution in [3.63, 3.8) is 0 Å². The topological polar surface area (TPSA) is 72.1 Å². The summed E-state index contributed by atoms with van der Waals surface area (Å²) >= 11 is 0. The molecule has 4 rings (SSSR count). The van der Waals surface area contributed by atoms with Crippen LogP contribution in [0.25, 0.3) is 11.4 Å². The minimum Gasteiger partial charge on any atom is -0.339 e. The molecule has 0 aliphatic carbocycles. The van der Waals surface area contributed by atoms with Crippen LogP contribution < -0.4 is 4.90 Å². The molecule has 0 saturated carbocycles. The maximum absolute atomic E-state index is 13.4. The fourth-order valence-electron chi connectivity index (χ4n) is 2.79. The molecule has 1 fully saturated rings. The van der Waals surface area contributed by atoms with E-state index < -0.39 is 0 Å². The number of hydrogen-bond acceptors (Lipinski definition) is 5. The maximum Gasteiger partial charge on any atom is 0.232 e. The smallest absolute Gasteiger partial charge is 0.232 e. The minimum atomic E-state index is -0.374. The lowest BCUT2D eigenvalue weighted by atomic mass is 10.1. The standard InChI is InChI=1S/C17H13FN4O2/c18-13-2-1-3-14(9-13)22-10-12(8-15(22)23)17-20-16(21-24-17)11-4-6-19-7-5-11/h1-7,9,12H,8,10H2. The number of pyridine rings is 1. The average Bonchev–Trinajstić information content (AvgIpc) is 3.22. The summed E-state index contributed by atoms with van der Waals surface area (Å²) in [5, 5.41) is 3.96. The molecule has 3 aromatic rings.